The van der Waals surface area contributed by atoms with E-state index in [9.17, 15) is 9.90 Å². The second-order valence-electron chi connectivity index (χ2n) is 5.02. The van der Waals surface area contributed by atoms with Gasteiger partial charge in [-0.1, -0.05) is 11.6 Å². The number of carbonyl (C=O) groups is 1. The quantitative estimate of drug-likeness (QED) is 0.766. The number of benzene rings is 2. The van der Waals surface area contributed by atoms with Gasteiger partial charge in [0.2, 0.25) is 0 Å². The van der Waals surface area contributed by atoms with Crippen molar-refractivity contribution in [2.45, 2.75) is 6.92 Å². The van der Waals surface area contributed by atoms with Crippen molar-refractivity contribution in [2.75, 3.05) is 0 Å². The molecule has 3 N–H and O–H groups in total. The van der Waals surface area contributed by atoms with Crippen molar-refractivity contribution < 1.29 is 14.6 Å². The molecule has 0 unspecified atom stereocenters. The van der Waals surface area contributed by atoms with Gasteiger partial charge in [0, 0.05) is 21.5 Å². The van der Waals surface area contributed by atoms with E-state index in [4.69, 9.17) is 22.1 Å². The van der Waals surface area contributed by atoms with E-state index in [-0.39, 0.29) is 11.4 Å². The number of aromatic hydroxyl groups is 1. The van der Waals surface area contributed by atoms with E-state index in [1.54, 1.807) is 49.4 Å². The van der Waals surface area contributed by atoms with Crippen LogP contribution in [0, 0.1) is 6.92 Å². The van der Waals surface area contributed by atoms with Crippen LogP contribution in [0.3, 0.4) is 0 Å². The Morgan fingerprint density at radius 1 is 1.13 bits per heavy atom. The topological polar surface area (TPSA) is 85.4 Å². The predicted octanol–water partition coefficient (Wildman–Crippen LogP) is 3.79. The minimum atomic E-state index is -0.769. The van der Waals surface area contributed by atoms with E-state index < -0.39 is 5.91 Å². The second-order valence-corrected chi connectivity index (χ2v) is 5.46. The fraction of sp³-hybridized carbons (Fsp3) is 0.0588. The summed E-state index contributed by atoms with van der Waals surface area (Å²) in [4.78, 5) is 15.4. The number of primary amides is 1. The lowest BCUT2D eigenvalue weighted by Crippen LogP contribution is -2.14. The summed E-state index contributed by atoms with van der Waals surface area (Å²) in [5, 5.41) is 11.9. The molecule has 1 heterocycles. The fourth-order valence-corrected chi connectivity index (χ4v) is 2.44. The Bertz CT molecular complexity index is 908. The Hall–Kier alpha value is -2.79. The first-order valence-electron chi connectivity index (χ1n) is 6.82. The van der Waals surface area contributed by atoms with Gasteiger partial charge in [-0.15, -0.1) is 0 Å². The summed E-state index contributed by atoms with van der Waals surface area (Å²) in [5.74, 6) is 0.221. The van der Waals surface area contributed by atoms with Gasteiger partial charge in [0.25, 0.3) is 5.91 Å². The molecule has 0 aliphatic heterocycles. The predicted molar refractivity (Wildman–Crippen MR) is 88.2 cm³/mol. The van der Waals surface area contributed by atoms with Gasteiger partial charge in [0.1, 0.15) is 11.5 Å². The number of aromatic nitrogens is 1. The summed E-state index contributed by atoms with van der Waals surface area (Å²) in [7, 11) is 0. The van der Waals surface area contributed by atoms with Crippen LogP contribution >= 0.6 is 11.6 Å². The van der Waals surface area contributed by atoms with Crippen molar-refractivity contribution in [1.29, 1.82) is 0 Å². The number of ether oxygens (including phenoxy) is 1. The SMILES string of the molecule is Cc1nc(C(N)=O)c(O)c2ccc(Oc3ccc(Cl)cc3)cc12. The first-order chi connectivity index (χ1) is 11.0. The number of halogens is 1. The van der Waals surface area contributed by atoms with Crippen LogP contribution in [0.15, 0.2) is 42.5 Å². The molecule has 3 rings (SSSR count). The molecule has 0 fully saturated rings. The number of pyridine rings is 1. The van der Waals surface area contributed by atoms with E-state index in [0.29, 0.717) is 33.0 Å². The van der Waals surface area contributed by atoms with Crippen molar-refractivity contribution >= 4 is 28.3 Å². The molecule has 0 saturated carbocycles. The average molecular weight is 329 g/mol. The Morgan fingerprint density at radius 3 is 2.43 bits per heavy atom. The molecule has 6 heteroatoms. The lowest BCUT2D eigenvalue weighted by Gasteiger charge is -2.10. The molecule has 0 radical (unpaired) electrons. The second kappa shape index (κ2) is 5.78. The lowest BCUT2D eigenvalue weighted by molar-refractivity contribution is 0.0993. The van der Waals surface area contributed by atoms with Crippen LogP contribution in [0.2, 0.25) is 5.02 Å². The zero-order valence-electron chi connectivity index (χ0n) is 12.2. The third-order valence-electron chi connectivity index (χ3n) is 3.42. The Morgan fingerprint density at radius 2 is 1.78 bits per heavy atom. The Kier molecular flexibility index (Phi) is 3.80. The van der Waals surface area contributed by atoms with Gasteiger partial charge in [-0.3, -0.25) is 4.79 Å². The summed E-state index contributed by atoms with van der Waals surface area (Å²) >= 11 is 5.84. The third-order valence-corrected chi connectivity index (χ3v) is 3.67. The Balaban J connectivity index is 2.05. The molecule has 0 aliphatic rings. The lowest BCUT2D eigenvalue weighted by atomic mass is 10.1. The highest BCUT2D eigenvalue weighted by molar-refractivity contribution is 6.30. The molecule has 0 saturated heterocycles. The van der Waals surface area contributed by atoms with Gasteiger partial charge in [-0.2, -0.15) is 0 Å². The van der Waals surface area contributed by atoms with E-state index >= 15 is 0 Å². The minimum Gasteiger partial charge on any atom is -0.505 e. The number of amides is 1. The average Bonchev–Trinajstić information content (AvgIpc) is 2.53. The first-order valence-corrected chi connectivity index (χ1v) is 7.20. The standard InChI is InChI=1S/C17H13ClN2O3/c1-9-14-8-12(23-11-4-2-10(18)3-5-11)6-7-13(14)16(21)15(20-9)17(19)22/h2-8,21H,1H3,(H2,19,22). The van der Waals surface area contributed by atoms with Gasteiger partial charge in [-0.25, -0.2) is 4.98 Å². The van der Waals surface area contributed by atoms with E-state index in [0.717, 1.165) is 0 Å². The molecule has 0 aliphatic carbocycles. The number of fused-ring (bicyclic) bond motifs is 1. The maximum atomic E-state index is 11.3. The molecule has 2 aromatic carbocycles. The van der Waals surface area contributed by atoms with Crippen LogP contribution in [0.25, 0.3) is 10.8 Å². The van der Waals surface area contributed by atoms with Gasteiger partial charge in [-0.05, 0) is 49.4 Å². The van der Waals surface area contributed by atoms with Crippen LogP contribution in [-0.2, 0) is 0 Å². The van der Waals surface area contributed by atoms with Gasteiger partial charge < -0.3 is 15.6 Å². The molecule has 1 aromatic heterocycles. The van der Waals surface area contributed by atoms with Crippen LogP contribution < -0.4 is 10.5 Å². The van der Waals surface area contributed by atoms with Crippen LogP contribution in [0.4, 0.5) is 0 Å². The largest absolute Gasteiger partial charge is 0.505 e. The summed E-state index contributed by atoms with van der Waals surface area (Å²) in [6, 6.07) is 12.1. The van der Waals surface area contributed by atoms with Crippen molar-refractivity contribution in [1.82, 2.24) is 4.98 Å². The number of aryl methyl sites for hydroxylation is 1. The Labute approximate surface area is 137 Å². The number of carbonyl (C=O) groups excluding carboxylic acids is 1. The molecular formula is C17H13ClN2O3. The highest BCUT2D eigenvalue weighted by Crippen LogP contribution is 2.33. The van der Waals surface area contributed by atoms with Crippen molar-refractivity contribution in [3.63, 3.8) is 0 Å². The highest BCUT2D eigenvalue weighted by atomic mass is 35.5. The maximum absolute atomic E-state index is 11.3. The van der Waals surface area contributed by atoms with Gasteiger partial charge in [0.05, 0.1) is 0 Å². The third kappa shape index (κ3) is 2.91. The minimum absolute atomic E-state index is 0.138. The number of nitrogens with two attached hydrogens (primary N) is 1. The summed E-state index contributed by atoms with van der Waals surface area (Å²) in [5.41, 5.74) is 5.66. The van der Waals surface area contributed by atoms with Crippen molar-refractivity contribution in [3.8, 4) is 17.2 Å². The number of rotatable bonds is 3. The molecule has 23 heavy (non-hydrogen) atoms. The zero-order chi connectivity index (χ0) is 16.6. The molecule has 0 spiro atoms. The van der Waals surface area contributed by atoms with Crippen LogP contribution in [0.1, 0.15) is 16.2 Å². The monoisotopic (exact) mass is 328 g/mol. The van der Waals surface area contributed by atoms with Crippen LogP contribution in [0.5, 0.6) is 17.2 Å². The van der Waals surface area contributed by atoms with E-state index in [1.165, 1.54) is 0 Å². The smallest absolute Gasteiger partial charge is 0.271 e. The molecule has 0 bridgehead atoms. The first kappa shape index (κ1) is 15.1. The fourth-order valence-electron chi connectivity index (χ4n) is 2.31. The number of nitrogens with zero attached hydrogens (tertiary/aromatic N) is 1. The molecule has 0 atom stereocenters. The van der Waals surface area contributed by atoms with Gasteiger partial charge >= 0.3 is 0 Å². The normalized spacial score (nSPS) is 10.7. The molecule has 116 valence electrons. The molecule has 5 nitrogen and oxygen atoms in total. The van der Waals surface area contributed by atoms with Gasteiger partial charge in [0.15, 0.2) is 11.4 Å². The summed E-state index contributed by atoms with van der Waals surface area (Å²) in [6.45, 7) is 1.74. The molecular weight excluding hydrogens is 316 g/mol. The molecule has 1 amide bonds. The van der Waals surface area contributed by atoms with Crippen molar-refractivity contribution in [2.24, 2.45) is 5.73 Å². The summed E-state index contributed by atoms with van der Waals surface area (Å²) < 4.78 is 5.75. The van der Waals surface area contributed by atoms with E-state index in [1.807, 2.05) is 0 Å². The summed E-state index contributed by atoms with van der Waals surface area (Å²) in [6.07, 6.45) is 0. The maximum Gasteiger partial charge on any atom is 0.271 e. The van der Waals surface area contributed by atoms with E-state index in [2.05, 4.69) is 4.98 Å². The highest BCUT2D eigenvalue weighted by Gasteiger charge is 2.15. The number of hydrogen-bond donors (Lipinski definition) is 2. The molecule has 3 aromatic rings. The zero-order valence-corrected chi connectivity index (χ0v) is 13.0. The van der Waals surface area contributed by atoms with Crippen molar-refractivity contribution in [3.05, 3.63) is 58.9 Å². The number of hydrogen-bond acceptors (Lipinski definition) is 4. The van der Waals surface area contributed by atoms with Crippen LogP contribution in [-0.4, -0.2) is 16.0 Å².